The SMILES string of the molecule is CCOC[C@H]1[C@@H](O)[C@H]([n+]2cn(C)c3c(=O)[nH]c(N)nc32)O[C@@H]1COP(=O)(O)OP(=O)(O)OP(=O)(O)OCC1O[C@@H](n2cnc3c(N)ncnc32)[C@H](OC)[C@@H]1OP(=O)(O)OC[C@H]1O[C@@H](n2ccc(=O)[nH]c2=O)[C@H](O)[C@@H]1O. The number of phosphoric ester groups is 3. The van der Waals surface area contributed by atoms with Gasteiger partial charge in [-0.3, -0.25) is 51.4 Å². The van der Waals surface area contributed by atoms with Crippen LogP contribution < -0.4 is 32.8 Å². The van der Waals surface area contributed by atoms with Gasteiger partial charge in [0.25, 0.3) is 17.1 Å². The summed E-state index contributed by atoms with van der Waals surface area (Å²) in [5, 5.41) is 32.6. The second-order valence-electron chi connectivity index (χ2n) is 16.5. The number of hydrogen-bond acceptors (Lipinski definition) is 27. The number of aliphatic hydroxyl groups is 3. The fourth-order valence-electron chi connectivity index (χ4n) is 8.33. The molecule has 0 aromatic carbocycles. The Morgan fingerprint density at radius 1 is 0.773 bits per heavy atom. The smallest absolute Gasteiger partial charge is 0.387 e. The largest absolute Gasteiger partial charge is 0.490 e. The number of nitrogens with two attached hydrogens (primary N) is 2. The summed E-state index contributed by atoms with van der Waals surface area (Å²) in [6, 6.07) is 0.926. The molecule has 13 N–H and O–H groups in total. The minimum Gasteiger partial charge on any atom is -0.387 e. The lowest BCUT2D eigenvalue weighted by Crippen LogP contribution is -2.45. The normalized spacial score (nSPS) is 30.4. The van der Waals surface area contributed by atoms with Crippen LogP contribution in [0.25, 0.3) is 22.3 Å². The zero-order valence-electron chi connectivity index (χ0n) is 38.9. The maximum absolute atomic E-state index is 13.6. The van der Waals surface area contributed by atoms with E-state index >= 15 is 0 Å². The molecule has 3 aliphatic heterocycles. The predicted molar refractivity (Wildman–Crippen MR) is 242 cm³/mol. The number of phosphoric acid groups is 4. The molecule has 5 unspecified atom stereocenters. The summed E-state index contributed by atoms with van der Waals surface area (Å²) in [7, 11) is -20.8. The second-order valence-corrected chi connectivity index (χ2v) is 22.6. The van der Waals surface area contributed by atoms with E-state index in [0.29, 0.717) is 0 Å². The highest BCUT2D eigenvalue weighted by Crippen LogP contribution is 2.68. The molecule has 0 bridgehead atoms. The lowest BCUT2D eigenvalue weighted by molar-refractivity contribution is -0.745. The third-order valence-corrected chi connectivity index (χ3v) is 16.9. The van der Waals surface area contributed by atoms with Crippen molar-refractivity contribution >= 4 is 65.4 Å². The van der Waals surface area contributed by atoms with Gasteiger partial charge in [0, 0.05) is 31.9 Å². The Labute approximate surface area is 417 Å². The fourth-order valence-corrected chi connectivity index (χ4v) is 12.8. The minimum atomic E-state index is -6.18. The van der Waals surface area contributed by atoms with Crippen molar-refractivity contribution in [3.63, 3.8) is 0 Å². The number of nitrogens with zero attached hydrogens (tertiary/aromatic N) is 8. The number of imidazole rings is 2. The highest BCUT2D eigenvalue weighted by molar-refractivity contribution is 7.66. The summed E-state index contributed by atoms with van der Waals surface area (Å²) >= 11 is 0. The number of rotatable bonds is 22. The van der Waals surface area contributed by atoms with Gasteiger partial charge in [0.1, 0.15) is 54.6 Å². The summed E-state index contributed by atoms with van der Waals surface area (Å²) < 4.78 is 115. The van der Waals surface area contributed by atoms with Crippen molar-refractivity contribution in [3.8, 4) is 0 Å². The number of ether oxygens (including phenoxy) is 5. The molecule has 0 saturated carbocycles. The summed E-state index contributed by atoms with van der Waals surface area (Å²) in [4.78, 5) is 99.6. The Hall–Kier alpha value is -4.62. The van der Waals surface area contributed by atoms with Gasteiger partial charge in [0.15, 0.2) is 30.2 Å². The van der Waals surface area contributed by atoms with E-state index in [9.17, 15) is 67.5 Å². The number of aliphatic hydroxyl groups excluding tert-OH is 3. The van der Waals surface area contributed by atoms with Gasteiger partial charge in [-0.05, 0) is 6.92 Å². The fraction of sp³-hybridized carbons (Fsp3) is 0.588. The van der Waals surface area contributed by atoms with Gasteiger partial charge in [-0.1, -0.05) is 4.98 Å². The number of aromatic amines is 2. The first-order valence-electron chi connectivity index (χ1n) is 21.7. The van der Waals surface area contributed by atoms with Crippen LogP contribution >= 0.6 is 31.3 Å². The Balaban J connectivity index is 0.942. The van der Waals surface area contributed by atoms with Gasteiger partial charge >= 0.3 is 42.6 Å². The monoisotopic (exact) mass is 1150 g/mol. The molecule has 16 atom stereocenters. The molecule has 41 heteroatoms. The minimum absolute atomic E-state index is 0.00952. The van der Waals surface area contributed by atoms with Gasteiger partial charge < -0.3 is 70.0 Å². The average Bonchev–Trinajstić information content (AvgIpc) is 4.12. The van der Waals surface area contributed by atoms with Crippen LogP contribution in [0.2, 0.25) is 0 Å². The molecule has 0 spiro atoms. The number of hydrogen-bond donors (Lipinski definition) is 11. The van der Waals surface area contributed by atoms with Gasteiger partial charge in [0.05, 0.1) is 45.9 Å². The highest BCUT2D eigenvalue weighted by Gasteiger charge is 2.54. The van der Waals surface area contributed by atoms with Gasteiger partial charge in [0.2, 0.25) is 11.7 Å². The van der Waals surface area contributed by atoms with Crippen LogP contribution in [0, 0.1) is 5.92 Å². The maximum Gasteiger partial charge on any atom is 0.490 e. The van der Waals surface area contributed by atoms with Crippen molar-refractivity contribution in [1.82, 2.24) is 43.6 Å². The average molecular weight is 1150 g/mol. The van der Waals surface area contributed by atoms with Crippen molar-refractivity contribution in [2.24, 2.45) is 13.0 Å². The topological polar surface area (TPSA) is 516 Å². The first-order valence-corrected chi connectivity index (χ1v) is 27.7. The third-order valence-electron chi connectivity index (χ3n) is 11.7. The first kappa shape index (κ1) is 56.6. The van der Waals surface area contributed by atoms with Gasteiger partial charge in [-0.2, -0.15) is 8.62 Å². The van der Waals surface area contributed by atoms with E-state index in [-0.39, 0.29) is 47.3 Å². The van der Waals surface area contributed by atoms with Crippen LogP contribution in [0.5, 0.6) is 0 Å². The number of nitrogens with one attached hydrogen (secondary N) is 2. The molecule has 5 aromatic heterocycles. The van der Waals surface area contributed by atoms with E-state index < -0.39 is 141 Å². The van der Waals surface area contributed by atoms with E-state index in [4.69, 9.17) is 53.2 Å². The van der Waals surface area contributed by atoms with Crippen molar-refractivity contribution in [2.75, 3.05) is 51.6 Å². The van der Waals surface area contributed by atoms with E-state index in [0.717, 1.165) is 36.6 Å². The molecule has 8 heterocycles. The summed E-state index contributed by atoms with van der Waals surface area (Å²) in [6.07, 6.45) is -13.3. The molecule has 3 saturated heterocycles. The number of H-pyrrole nitrogens is 2. The lowest BCUT2D eigenvalue weighted by Gasteiger charge is -2.26. The second kappa shape index (κ2) is 22.0. The number of anilines is 2. The van der Waals surface area contributed by atoms with Crippen molar-refractivity contribution in [3.05, 3.63) is 62.4 Å². The Morgan fingerprint density at radius 2 is 1.43 bits per heavy atom. The zero-order chi connectivity index (χ0) is 54.5. The van der Waals surface area contributed by atoms with Crippen LogP contribution in [0.15, 0.2) is 45.6 Å². The van der Waals surface area contributed by atoms with E-state index in [1.165, 1.54) is 27.1 Å². The third kappa shape index (κ3) is 12.2. The Bertz CT molecular complexity index is 3280. The van der Waals surface area contributed by atoms with Crippen molar-refractivity contribution in [1.29, 1.82) is 0 Å². The number of fused-ring (bicyclic) bond motifs is 2. The molecule has 0 aliphatic carbocycles. The lowest BCUT2D eigenvalue weighted by atomic mass is 9.99. The summed E-state index contributed by atoms with van der Waals surface area (Å²) in [6.45, 7) is -1.67. The molecule has 3 aliphatic rings. The first-order chi connectivity index (χ1) is 35.2. The molecule has 8 rings (SSSR count). The highest BCUT2D eigenvalue weighted by atomic mass is 31.3. The number of methoxy groups -OCH3 is 1. The number of nitrogen functional groups attached to an aromatic ring is 2. The number of aryl methyl sites for hydroxylation is 1. The van der Waals surface area contributed by atoms with Gasteiger partial charge in [-0.25, -0.2) is 42.6 Å². The molecule has 37 nitrogen and oxygen atoms in total. The van der Waals surface area contributed by atoms with E-state index in [1.807, 2.05) is 4.98 Å². The van der Waals surface area contributed by atoms with Crippen LogP contribution in [0.4, 0.5) is 11.8 Å². The molecule has 0 amide bonds. The number of aromatic nitrogens is 10. The maximum atomic E-state index is 13.6. The van der Waals surface area contributed by atoms with E-state index in [1.54, 1.807) is 6.92 Å². The molecule has 3 fully saturated rings. The Morgan fingerprint density at radius 3 is 2.09 bits per heavy atom. The van der Waals surface area contributed by atoms with Crippen LogP contribution in [0.1, 0.15) is 25.6 Å². The standard InChI is InChI=1S/C34H48N12O25P4/c1-4-62-7-14-15(66-30(21(14)48)46-13-43(2)20-28(46)41-33(36)42-29(20)51)8-64-73(55,56)70-75(59,60)71-74(57,58)65-10-17-24(25(61-3)32(68-17)45-12-39-19-26(35)37-11-38-27(19)45)69-72(53,54)63-9-16-22(49)23(50)31(67-16)44-6-5-18(47)40-34(44)52/h5-6,11-17,21-25,30-32,48-50H,4,7-10H2,1-3H3,(H9-,35,36,37,38,40,41,42,47,51,52,53,54,55,56,57,58,59,60)/p+1/t14-,15-,16-,17?,21-,22-,23-,24-,25-,30-,31-,32-/m1/s1. The molecule has 75 heavy (non-hydrogen) atoms. The van der Waals surface area contributed by atoms with Crippen LogP contribution in [-0.4, -0.2) is 167 Å². The molecule has 0 radical (unpaired) electrons. The molecular weight excluding hydrogens is 1100 g/mol. The summed E-state index contributed by atoms with van der Waals surface area (Å²) in [5.41, 5.74) is 9.31. The Kier molecular flexibility index (Phi) is 16.6. The quantitative estimate of drug-likeness (QED) is 0.0236. The van der Waals surface area contributed by atoms with Crippen LogP contribution in [0.3, 0.4) is 0 Å². The molecular formula is C34H49N12O25P4+. The van der Waals surface area contributed by atoms with Crippen molar-refractivity contribution < 1.29 is 108 Å². The van der Waals surface area contributed by atoms with Crippen molar-refractivity contribution in [2.45, 2.75) is 74.4 Å². The molecule has 5 aromatic rings. The van der Waals surface area contributed by atoms with Gasteiger partial charge in [-0.15, -0.1) is 0 Å². The van der Waals surface area contributed by atoms with Crippen LogP contribution in [-0.2, 0) is 75.7 Å². The predicted octanol–water partition coefficient (Wildman–Crippen LogP) is -3.58. The molecule has 414 valence electrons. The van der Waals surface area contributed by atoms with E-state index in [2.05, 4.69) is 33.5 Å². The summed E-state index contributed by atoms with van der Waals surface area (Å²) in [5.74, 6) is -1.39. The zero-order valence-corrected chi connectivity index (χ0v) is 42.4.